The van der Waals surface area contributed by atoms with Gasteiger partial charge >= 0.3 is 0 Å². The number of methoxy groups -OCH3 is 1. The number of carbonyl (C=O) groups excluding carboxylic acids is 1. The molecule has 106 valence electrons. The molecule has 0 spiro atoms. The largest absolute Gasteiger partial charge is 0.497 e. The minimum absolute atomic E-state index is 0.0608. The van der Waals surface area contributed by atoms with Crippen LogP contribution >= 0.6 is 0 Å². The van der Waals surface area contributed by atoms with Gasteiger partial charge in [-0.05, 0) is 37.5 Å². The molecule has 1 amide bonds. The summed E-state index contributed by atoms with van der Waals surface area (Å²) in [6.45, 7) is 5.51. The van der Waals surface area contributed by atoms with Gasteiger partial charge < -0.3 is 15.2 Å². The molecule has 0 bridgehead atoms. The zero-order valence-electron chi connectivity index (χ0n) is 12.1. The molecule has 0 aliphatic carbocycles. The molecule has 0 aliphatic rings. The fraction of sp³-hybridized carbons (Fsp3) is 0.533. The van der Waals surface area contributed by atoms with E-state index in [1.54, 1.807) is 21.0 Å². The highest BCUT2D eigenvalue weighted by atomic mass is 16.5. The van der Waals surface area contributed by atoms with Gasteiger partial charge in [-0.15, -0.1) is 0 Å². The van der Waals surface area contributed by atoms with E-state index in [1.807, 2.05) is 31.2 Å². The monoisotopic (exact) mass is 265 g/mol. The summed E-state index contributed by atoms with van der Waals surface area (Å²) in [4.78, 5) is 11.9. The minimum Gasteiger partial charge on any atom is -0.497 e. The fourth-order valence-electron chi connectivity index (χ4n) is 1.81. The zero-order chi connectivity index (χ0) is 14.5. The first-order valence-electron chi connectivity index (χ1n) is 6.44. The number of aliphatic hydroxyl groups is 1. The standard InChI is InChI=1S/C15H23NO3/c1-11(8-14(18)16-15(2,3)10-17)12-6-5-7-13(9-12)19-4/h5-7,9,11,17H,8,10H2,1-4H3,(H,16,18). The Bertz CT molecular complexity index is 429. The van der Waals surface area contributed by atoms with Crippen molar-refractivity contribution in [2.24, 2.45) is 0 Å². The second kappa shape index (κ2) is 6.57. The summed E-state index contributed by atoms with van der Waals surface area (Å²) >= 11 is 0. The number of ether oxygens (including phenoxy) is 1. The van der Waals surface area contributed by atoms with Crippen LogP contribution in [0.3, 0.4) is 0 Å². The SMILES string of the molecule is COc1cccc(C(C)CC(=O)NC(C)(C)CO)c1. The summed E-state index contributed by atoms with van der Waals surface area (Å²) < 4.78 is 5.17. The van der Waals surface area contributed by atoms with E-state index in [0.29, 0.717) is 6.42 Å². The summed E-state index contributed by atoms with van der Waals surface area (Å²) in [5.74, 6) is 0.833. The topological polar surface area (TPSA) is 58.6 Å². The second-order valence-electron chi connectivity index (χ2n) is 5.47. The molecule has 4 heteroatoms. The van der Waals surface area contributed by atoms with E-state index in [2.05, 4.69) is 5.32 Å². The van der Waals surface area contributed by atoms with Gasteiger partial charge in [-0.2, -0.15) is 0 Å². The summed E-state index contributed by atoms with van der Waals surface area (Å²) in [6.07, 6.45) is 0.386. The van der Waals surface area contributed by atoms with Gasteiger partial charge in [0, 0.05) is 6.42 Å². The molecular formula is C15H23NO3. The lowest BCUT2D eigenvalue weighted by molar-refractivity contribution is -0.123. The molecule has 0 saturated carbocycles. The Kier molecular flexibility index (Phi) is 5.36. The molecule has 1 aromatic carbocycles. The summed E-state index contributed by atoms with van der Waals surface area (Å²) in [7, 11) is 1.63. The quantitative estimate of drug-likeness (QED) is 0.828. The van der Waals surface area contributed by atoms with E-state index in [4.69, 9.17) is 9.84 Å². The van der Waals surface area contributed by atoms with E-state index in [-0.39, 0.29) is 18.4 Å². The van der Waals surface area contributed by atoms with Crippen molar-refractivity contribution in [2.75, 3.05) is 13.7 Å². The number of rotatable bonds is 6. The molecular weight excluding hydrogens is 242 g/mol. The fourth-order valence-corrected chi connectivity index (χ4v) is 1.81. The number of carbonyl (C=O) groups is 1. The molecule has 0 radical (unpaired) electrons. The molecule has 0 heterocycles. The summed E-state index contributed by atoms with van der Waals surface area (Å²) in [6, 6.07) is 7.72. The Hall–Kier alpha value is -1.55. The van der Waals surface area contributed by atoms with Gasteiger partial charge in [-0.1, -0.05) is 19.1 Å². The molecule has 1 rings (SSSR count). The van der Waals surface area contributed by atoms with Crippen molar-refractivity contribution in [3.8, 4) is 5.75 Å². The average molecular weight is 265 g/mol. The molecule has 19 heavy (non-hydrogen) atoms. The molecule has 1 aromatic rings. The van der Waals surface area contributed by atoms with Crippen LogP contribution in [0.1, 0.15) is 38.7 Å². The average Bonchev–Trinajstić information content (AvgIpc) is 2.38. The van der Waals surface area contributed by atoms with Gasteiger partial charge in [0.1, 0.15) is 5.75 Å². The van der Waals surface area contributed by atoms with Crippen LogP contribution < -0.4 is 10.1 Å². The van der Waals surface area contributed by atoms with E-state index in [1.165, 1.54) is 0 Å². The van der Waals surface area contributed by atoms with Crippen molar-refractivity contribution in [2.45, 2.75) is 38.6 Å². The van der Waals surface area contributed by atoms with Gasteiger partial charge in [0.05, 0.1) is 19.3 Å². The Labute approximate surface area is 114 Å². The predicted octanol–water partition coefficient (Wildman–Crippen LogP) is 2.08. The lowest BCUT2D eigenvalue weighted by Gasteiger charge is -2.24. The van der Waals surface area contributed by atoms with E-state index in [9.17, 15) is 4.79 Å². The number of amides is 1. The summed E-state index contributed by atoms with van der Waals surface area (Å²) in [5, 5.41) is 11.9. The first kappa shape index (κ1) is 15.5. The third-order valence-electron chi connectivity index (χ3n) is 3.03. The second-order valence-corrected chi connectivity index (χ2v) is 5.47. The van der Waals surface area contributed by atoms with Crippen molar-refractivity contribution in [1.82, 2.24) is 5.32 Å². The van der Waals surface area contributed by atoms with Crippen molar-refractivity contribution >= 4 is 5.91 Å². The Morgan fingerprint density at radius 1 is 1.47 bits per heavy atom. The van der Waals surface area contributed by atoms with Gasteiger partial charge in [-0.25, -0.2) is 0 Å². The molecule has 0 aromatic heterocycles. The minimum atomic E-state index is -0.578. The number of benzene rings is 1. The molecule has 2 N–H and O–H groups in total. The molecule has 4 nitrogen and oxygen atoms in total. The molecule has 0 saturated heterocycles. The maximum atomic E-state index is 11.9. The van der Waals surface area contributed by atoms with Gasteiger partial charge in [0.2, 0.25) is 5.91 Å². The van der Waals surface area contributed by atoms with Crippen molar-refractivity contribution in [3.63, 3.8) is 0 Å². The first-order chi connectivity index (χ1) is 8.88. The lowest BCUT2D eigenvalue weighted by Crippen LogP contribution is -2.46. The summed E-state index contributed by atoms with van der Waals surface area (Å²) in [5.41, 5.74) is 0.488. The van der Waals surface area contributed by atoms with Crippen LogP contribution in [0, 0.1) is 0 Å². The van der Waals surface area contributed by atoms with Crippen LogP contribution in [0.15, 0.2) is 24.3 Å². The van der Waals surface area contributed by atoms with E-state index >= 15 is 0 Å². The van der Waals surface area contributed by atoms with E-state index in [0.717, 1.165) is 11.3 Å². The molecule has 0 aliphatic heterocycles. The Balaban J connectivity index is 2.63. The van der Waals surface area contributed by atoms with Crippen molar-refractivity contribution in [3.05, 3.63) is 29.8 Å². The van der Waals surface area contributed by atoms with Crippen LogP contribution in [-0.2, 0) is 4.79 Å². The number of aliphatic hydroxyl groups excluding tert-OH is 1. The predicted molar refractivity (Wildman–Crippen MR) is 75.3 cm³/mol. The number of hydrogen-bond donors (Lipinski definition) is 2. The molecule has 0 fully saturated rings. The third kappa shape index (κ3) is 4.91. The normalized spacial score (nSPS) is 12.9. The van der Waals surface area contributed by atoms with Crippen molar-refractivity contribution in [1.29, 1.82) is 0 Å². The van der Waals surface area contributed by atoms with Gasteiger partial charge in [-0.3, -0.25) is 4.79 Å². The van der Waals surface area contributed by atoms with Crippen LogP contribution in [0.5, 0.6) is 5.75 Å². The maximum Gasteiger partial charge on any atom is 0.221 e. The van der Waals surface area contributed by atoms with Gasteiger partial charge in [0.25, 0.3) is 0 Å². The highest BCUT2D eigenvalue weighted by Crippen LogP contribution is 2.23. The van der Waals surface area contributed by atoms with Crippen LogP contribution in [0.4, 0.5) is 0 Å². The van der Waals surface area contributed by atoms with Crippen LogP contribution in [0.2, 0.25) is 0 Å². The number of nitrogens with one attached hydrogen (secondary N) is 1. The maximum absolute atomic E-state index is 11.9. The molecule has 1 atom stereocenters. The van der Waals surface area contributed by atoms with Crippen molar-refractivity contribution < 1.29 is 14.6 Å². The Morgan fingerprint density at radius 3 is 2.74 bits per heavy atom. The molecule has 1 unspecified atom stereocenters. The number of hydrogen-bond acceptors (Lipinski definition) is 3. The first-order valence-corrected chi connectivity index (χ1v) is 6.44. The van der Waals surface area contributed by atoms with Gasteiger partial charge in [0.15, 0.2) is 0 Å². The van der Waals surface area contributed by atoms with Crippen LogP contribution in [-0.4, -0.2) is 30.3 Å². The highest BCUT2D eigenvalue weighted by molar-refractivity contribution is 5.77. The zero-order valence-corrected chi connectivity index (χ0v) is 12.1. The van der Waals surface area contributed by atoms with Crippen LogP contribution in [0.25, 0.3) is 0 Å². The third-order valence-corrected chi connectivity index (χ3v) is 3.03. The Morgan fingerprint density at radius 2 is 2.16 bits per heavy atom. The lowest BCUT2D eigenvalue weighted by atomic mass is 9.96. The highest BCUT2D eigenvalue weighted by Gasteiger charge is 2.20. The smallest absolute Gasteiger partial charge is 0.221 e. The van der Waals surface area contributed by atoms with E-state index < -0.39 is 5.54 Å².